The number of nitro groups is 1. The van der Waals surface area contributed by atoms with Gasteiger partial charge in [-0.3, -0.25) is 19.7 Å². The summed E-state index contributed by atoms with van der Waals surface area (Å²) in [6.07, 6.45) is 1.49. The summed E-state index contributed by atoms with van der Waals surface area (Å²) < 4.78 is 6.96. The average molecular weight is 367 g/mol. The lowest BCUT2D eigenvalue weighted by atomic mass is 10.1. The van der Waals surface area contributed by atoms with Crippen LogP contribution in [0, 0.1) is 10.1 Å². The molecule has 0 aliphatic heterocycles. The number of anilines is 1. The zero-order valence-electron chi connectivity index (χ0n) is 14.8. The third-order valence-corrected chi connectivity index (χ3v) is 4.19. The van der Waals surface area contributed by atoms with Gasteiger partial charge in [-0.15, -0.1) is 0 Å². The van der Waals surface area contributed by atoms with Crippen molar-refractivity contribution in [2.24, 2.45) is 0 Å². The maximum absolute atomic E-state index is 12.8. The number of methoxy groups -OCH3 is 1. The first-order valence-corrected chi connectivity index (χ1v) is 8.21. The van der Waals surface area contributed by atoms with E-state index in [4.69, 9.17) is 4.74 Å². The molecule has 0 aliphatic carbocycles. The quantitative estimate of drug-likeness (QED) is 0.551. The molecule has 0 bridgehead atoms. The van der Waals surface area contributed by atoms with Gasteiger partial charge < -0.3 is 14.6 Å². The van der Waals surface area contributed by atoms with Crippen molar-refractivity contribution < 1.29 is 14.5 Å². The zero-order valence-corrected chi connectivity index (χ0v) is 14.8. The molecule has 2 aromatic carbocycles. The summed E-state index contributed by atoms with van der Waals surface area (Å²) in [5.74, 6) is -0.120. The number of aryl methyl sites for hydroxylation is 1. The lowest BCUT2D eigenvalue weighted by molar-refractivity contribution is -0.384. The number of hydrogen-bond donors (Lipinski definition) is 1. The van der Waals surface area contributed by atoms with E-state index in [9.17, 15) is 19.7 Å². The van der Waals surface area contributed by atoms with E-state index in [2.05, 4.69) is 5.32 Å². The van der Waals surface area contributed by atoms with Crippen LogP contribution < -0.4 is 15.5 Å². The number of pyridine rings is 1. The highest BCUT2D eigenvalue weighted by Gasteiger charge is 2.17. The predicted molar refractivity (Wildman–Crippen MR) is 101 cm³/mol. The van der Waals surface area contributed by atoms with E-state index < -0.39 is 16.3 Å². The van der Waals surface area contributed by atoms with Crippen molar-refractivity contribution in [3.63, 3.8) is 0 Å². The molecule has 0 saturated carbocycles. The summed E-state index contributed by atoms with van der Waals surface area (Å²) in [4.78, 5) is 35.8. The molecule has 8 nitrogen and oxygen atoms in total. The van der Waals surface area contributed by atoms with Crippen LogP contribution in [-0.2, 0) is 6.54 Å². The number of carbonyl (C=O) groups is 1. The molecule has 0 radical (unpaired) electrons. The second-order valence-electron chi connectivity index (χ2n) is 5.80. The maximum atomic E-state index is 12.8. The van der Waals surface area contributed by atoms with Crippen LogP contribution in [0.3, 0.4) is 0 Å². The molecule has 0 fully saturated rings. The highest BCUT2D eigenvalue weighted by molar-refractivity contribution is 6.06. The third-order valence-electron chi connectivity index (χ3n) is 4.19. The first-order chi connectivity index (χ1) is 12.9. The molecule has 1 heterocycles. The van der Waals surface area contributed by atoms with E-state index in [1.165, 1.54) is 37.6 Å². The van der Waals surface area contributed by atoms with Crippen molar-refractivity contribution in [3.05, 3.63) is 74.6 Å². The number of nitrogens with zero attached hydrogens (tertiary/aromatic N) is 2. The molecule has 138 valence electrons. The predicted octanol–water partition coefficient (Wildman–Crippen LogP) is 3.19. The van der Waals surface area contributed by atoms with Gasteiger partial charge in [-0.25, -0.2) is 0 Å². The number of nitrogens with one attached hydrogen (secondary N) is 1. The molecule has 0 saturated heterocycles. The Balaban J connectivity index is 2.06. The Labute approximate surface area is 154 Å². The van der Waals surface area contributed by atoms with Gasteiger partial charge in [-0.2, -0.15) is 0 Å². The summed E-state index contributed by atoms with van der Waals surface area (Å²) in [6.45, 7) is 2.45. The Bertz CT molecular complexity index is 1100. The Morgan fingerprint density at radius 2 is 2.04 bits per heavy atom. The van der Waals surface area contributed by atoms with Gasteiger partial charge in [-0.05, 0) is 31.2 Å². The molecule has 3 rings (SSSR count). The Kier molecular flexibility index (Phi) is 4.89. The number of nitro benzene ring substituents is 1. The normalized spacial score (nSPS) is 10.6. The topological polar surface area (TPSA) is 103 Å². The summed E-state index contributed by atoms with van der Waals surface area (Å²) in [7, 11) is 1.50. The molecular weight excluding hydrogens is 350 g/mol. The number of carbonyl (C=O) groups excluding carboxylic acids is 1. The molecule has 0 spiro atoms. The van der Waals surface area contributed by atoms with Gasteiger partial charge in [0.1, 0.15) is 11.3 Å². The van der Waals surface area contributed by atoms with E-state index in [-0.39, 0.29) is 16.9 Å². The number of benzene rings is 2. The van der Waals surface area contributed by atoms with Gasteiger partial charge >= 0.3 is 0 Å². The van der Waals surface area contributed by atoms with Crippen molar-refractivity contribution in [1.29, 1.82) is 0 Å². The maximum Gasteiger partial charge on any atom is 0.271 e. The summed E-state index contributed by atoms with van der Waals surface area (Å²) in [5, 5.41) is 13.8. The van der Waals surface area contributed by atoms with Gasteiger partial charge in [0.2, 0.25) is 5.43 Å². The van der Waals surface area contributed by atoms with Gasteiger partial charge in [0.25, 0.3) is 11.6 Å². The molecule has 1 amide bonds. The average Bonchev–Trinajstić information content (AvgIpc) is 2.68. The van der Waals surface area contributed by atoms with E-state index in [0.717, 1.165) is 0 Å². The highest BCUT2D eigenvalue weighted by atomic mass is 16.6. The van der Waals surface area contributed by atoms with E-state index >= 15 is 0 Å². The van der Waals surface area contributed by atoms with Crippen LogP contribution in [0.15, 0.2) is 53.5 Å². The largest absolute Gasteiger partial charge is 0.497 e. The van der Waals surface area contributed by atoms with Crippen molar-refractivity contribution in [2.45, 2.75) is 13.5 Å². The molecule has 27 heavy (non-hydrogen) atoms. The Hall–Kier alpha value is -3.68. The lowest BCUT2D eigenvalue weighted by Gasteiger charge is -2.12. The van der Waals surface area contributed by atoms with Gasteiger partial charge in [-0.1, -0.05) is 6.07 Å². The van der Waals surface area contributed by atoms with E-state index in [0.29, 0.717) is 23.2 Å². The number of ether oxygens (including phenoxy) is 1. The number of rotatable bonds is 5. The molecule has 1 N–H and O–H groups in total. The smallest absolute Gasteiger partial charge is 0.271 e. The number of non-ortho nitro benzene ring substituents is 1. The second kappa shape index (κ2) is 7.28. The fourth-order valence-electron chi connectivity index (χ4n) is 2.82. The second-order valence-corrected chi connectivity index (χ2v) is 5.80. The lowest BCUT2D eigenvalue weighted by Crippen LogP contribution is -2.24. The third kappa shape index (κ3) is 3.50. The summed E-state index contributed by atoms with van der Waals surface area (Å²) >= 11 is 0. The molecule has 1 aromatic heterocycles. The van der Waals surface area contributed by atoms with Crippen LogP contribution in [0.25, 0.3) is 10.9 Å². The molecule has 3 aromatic rings. The van der Waals surface area contributed by atoms with Crippen molar-refractivity contribution in [1.82, 2.24) is 4.57 Å². The fourth-order valence-corrected chi connectivity index (χ4v) is 2.82. The summed E-state index contributed by atoms with van der Waals surface area (Å²) in [5.41, 5.74) is 0.292. The number of fused-ring (bicyclic) bond motifs is 1. The monoisotopic (exact) mass is 367 g/mol. The van der Waals surface area contributed by atoms with Gasteiger partial charge in [0.05, 0.1) is 22.9 Å². The highest BCUT2D eigenvalue weighted by Crippen LogP contribution is 2.20. The van der Waals surface area contributed by atoms with E-state index in [1.54, 1.807) is 22.8 Å². The SMILES string of the molecule is CCn1cc(C(=O)Nc2cccc([N+](=O)[O-])c2)c(=O)c2cc(OC)ccc21. The van der Waals surface area contributed by atoms with E-state index in [1.807, 2.05) is 6.92 Å². The Morgan fingerprint density at radius 3 is 2.70 bits per heavy atom. The molecule has 8 heteroatoms. The van der Waals surface area contributed by atoms with Crippen molar-refractivity contribution >= 4 is 28.2 Å². The molecule has 0 atom stereocenters. The van der Waals surface area contributed by atoms with Crippen LogP contribution in [0.4, 0.5) is 11.4 Å². The first-order valence-electron chi connectivity index (χ1n) is 8.21. The number of amides is 1. The Morgan fingerprint density at radius 1 is 1.26 bits per heavy atom. The van der Waals surface area contributed by atoms with Crippen LogP contribution in [0.5, 0.6) is 5.75 Å². The molecule has 0 unspecified atom stereocenters. The number of hydrogen-bond acceptors (Lipinski definition) is 5. The fraction of sp³-hybridized carbons (Fsp3) is 0.158. The number of aromatic nitrogens is 1. The molecular formula is C19H17N3O5. The minimum absolute atomic E-state index is 0.0518. The van der Waals surface area contributed by atoms with Crippen molar-refractivity contribution in [2.75, 3.05) is 12.4 Å². The standard InChI is InChI=1S/C19H17N3O5/c1-3-21-11-16(18(23)15-10-14(27-2)7-8-17(15)21)19(24)20-12-5-4-6-13(9-12)22(25)26/h4-11H,3H2,1-2H3,(H,20,24). The van der Waals surface area contributed by atoms with Crippen LogP contribution in [-0.4, -0.2) is 22.5 Å². The first kappa shape index (κ1) is 18.1. The van der Waals surface area contributed by atoms with Crippen LogP contribution >= 0.6 is 0 Å². The van der Waals surface area contributed by atoms with Crippen molar-refractivity contribution in [3.8, 4) is 5.75 Å². The minimum Gasteiger partial charge on any atom is -0.497 e. The van der Waals surface area contributed by atoms with Gasteiger partial charge in [0.15, 0.2) is 0 Å². The summed E-state index contributed by atoms with van der Waals surface area (Å²) in [6, 6.07) is 10.6. The van der Waals surface area contributed by atoms with Gasteiger partial charge in [0, 0.05) is 30.6 Å². The minimum atomic E-state index is -0.632. The van der Waals surface area contributed by atoms with Crippen LogP contribution in [0.2, 0.25) is 0 Å². The zero-order chi connectivity index (χ0) is 19.6. The van der Waals surface area contributed by atoms with Crippen LogP contribution in [0.1, 0.15) is 17.3 Å². The molecule has 0 aliphatic rings.